The summed E-state index contributed by atoms with van der Waals surface area (Å²) in [5, 5.41) is 3.00. The summed E-state index contributed by atoms with van der Waals surface area (Å²) in [6, 6.07) is 4.79. The number of carbonyl (C=O) groups is 1. The maximum absolute atomic E-state index is 13.1. The van der Waals surface area contributed by atoms with E-state index < -0.39 is 10.0 Å². The molecule has 0 bridgehead atoms. The number of hydrogen-bond acceptors (Lipinski definition) is 6. The number of benzene rings is 1. The van der Waals surface area contributed by atoms with E-state index in [4.69, 9.17) is 9.47 Å². The lowest BCUT2D eigenvalue weighted by atomic mass is 10.2. The van der Waals surface area contributed by atoms with Crippen LogP contribution >= 0.6 is 0 Å². The van der Waals surface area contributed by atoms with E-state index in [1.807, 2.05) is 11.8 Å². The summed E-state index contributed by atoms with van der Waals surface area (Å²) in [5.74, 6) is 0.761. The molecule has 0 spiro atoms. The van der Waals surface area contributed by atoms with Crippen LogP contribution in [0.1, 0.15) is 19.8 Å². The minimum Gasteiger partial charge on any atom is -0.497 e. The Balaban J connectivity index is 1.68. The molecule has 1 N–H and O–H groups in total. The number of carbonyl (C=O) groups excluding carboxylic acids is 1. The monoisotopic (exact) mass is 397 g/mol. The summed E-state index contributed by atoms with van der Waals surface area (Å²) in [5.41, 5.74) is 0. The standard InChI is InChI=1S/C18H27N3O5S/c1-13(18(22)19-14-4-5-14)20-8-10-21(11-9-20)27(23,24)17-12-15(25-2)6-7-16(17)26-3/h6-7,12-14H,4-5,8-11H2,1-3H3,(H,19,22)/t13-/m1/s1. The van der Waals surface area contributed by atoms with Crippen molar-refractivity contribution in [1.29, 1.82) is 0 Å². The average Bonchev–Trinajstić information content (AvgIpc) is 3.50. The van der Waals surface area contributed by atoms with Gasteiger partial charge >= 0.3 is 0 Å². The molecule has 1 saturated heterocycles. The molecule has 0 aromatic heterocycles. The normalized spacial score (nSPS) is 20.1. The molecule has 27 heavy (non-hydrogen) atoms. The second-order valence-electron chi connectivity index (χ2n) is 6.92. The molecule has 1 aromatic carbocycles. The highest BCUT2D eigenvalue weighted by atomic mass is 32.2. The second-order valence-corrected chi connectivity index (χ2v) is 8.82. The molecular weight excluding hydrogens is 370 g/mol. The summed E-state index contributed by atoms with van der Waals surface area (Å²) >= 11 is 0. The van der Waals surface area contributed by atoms with E-state index in [0.717, 1.165) is 12.8 Å². The lowest BCUT2D eigenvalue weighted by molar-refractivity contribution is -0.126. The molecule has 1 aliphatic heterocycles. The molecule has 3 rings (SSSR count). The fraction of sp³-hybridized carbons (Fsp3) is 0.611. The maximum Gasteiger partial charge on any atom is 0.246 e. The zero-order valence-corrected chi connectivity index (χ0v) is 16.8. The lowest BCUT2D eigenvalue weighted by Gasteiger charge is -2.36. The van der Waals surface area contributed by atoms with Gasteiger partial charge in [-0.15, -0.1) is 0 Å². The zero-order chi connectivity index (χ0) is 19.6. The van der Waals surface area contributed by atoms with Crippen molar-refractivity contribution >= 4 is 15.9 Å². The van der Waals surface area contributed by atoms with Crippen LogP contribution in [0, 0.1) is 0 Å². The Labute approximate surface area is 160 Å². The number of hydrogen-bond donors (Lipinski definition) is 1. The first-order valence-corrected chi connectivity index (χ1v) is 10.6. The van der Waals surface area contributed by atoms with Gasteiger partial charge in [0.2, 0.25) is 15.9 Å². The van der Waals surface area contributed by atoms with Gasteiger partial charge < -0.3 is 14.8 Å². The molecule has 1 aliphatic carbocycles. The highest BCUT2D eigenvalue weighted by Crippen LogP contribution is 2.31. The van der Waals surface area contributed by atoms with E-state index in [-0.39, 0.29) is 22.6 Å². The van der Waals surface area contributed by atoms with Gasteiger partial charge in [-0.05, 0) is 31.9 Å². The molecule has 2 fully saturated rings. The van der Waals surface area contributed by atoms with Gasteiger partial charge in [0.05, 0.1) is 20.3 Å². The van der Waals surface area contributed by atoms with Gasteiger partial charge in [0, 0.05) is 38.3 Å². The van der Waals surface area contributed by atoms with Crippen LogP contribution in [0.15, 0.2) is 23.1 Å². The average molecular weight is 397 g/mol. The lowest BCUT2D eigenvalue weighted by Crippen LogP contribution is -2.55. The first-order valence-electron chi connectivity index (χ1n) is 9.13. The van der Waals surface area contributed by atoms with Crippen LogP contribution in [0.3, 0.4) is 0 Å². The topological polar surface area (TPSA) is 88.2 Å². The van der Waals surface area contributed by atoms with Gasteiger partial charge in [-0.3, -0.25) is 9.69 Å². The third kappa shape index (κ3) is 4.36. The summed E-state index contributed by atoms with van der Waals surface area (Å²) in [4.78, 5) is 14.3. The molecule has 1 saturated carbocycles. The number of nitrogens with zero attached hydrogens (tertiary/aromatic N) is 2. The van der Waals surface area contributed by atoms with Gasteiger partial charge in [0.25, 0.3) is 0 Å². The minimum absolute atomic E-state index is 0.0169. The van der Waals surface area contributed by atoms with Crippen LogP contribution in [-0.4, -0.2) is 76.0 Å². The fourth-order valence-corrected chi connectivity index (χ4v) is 4.76. The van der Waals surface area contributed by atoms with Crippen molar-refractivity contribution in [3.63, 3.8) is 0 Å². The minimum atomic E-state index is -3.71. The van der Waals surface area contributed by atoms with E-state index in [0.29, 0.717) is 38.0 Å². The Hall–Kier alpha value is -1.84. The van der Waals surface area contributed by atoms with Crippen molar-refractivity contribution in [2.75, 3.05) is 40.4 Å². The Kier molecular flexibility index (Phi) is 5.92. The van der Waals surface area contributed by atoms with Gasteiger partial charge in [-0.2, -0.15) is 4.31 Å². The molecule has 1 atom stereocenters. The van der Waals surface area contributed by atoms with Crippen molar-refractivity contribution in [3.8, 4) is 11.5 Å². The third-order valence-corrected chi connectivity index (χ3v) is 7.03. The Morgan fingerprint density at radius 2 is 1.81 bits per heavy atom. The van der Waals surface area contributed by atoms with E-state index in [1.165, 1.54) is 24.6 Å². The number of amides is 1. The Morgan fingerprint density at radius 3 is 2.37 bits per heavy atom. The molecule has 8 nitrogen and oxygen atoms in total. The van der Waals surface area contributed by atoms with Gasteiger partial charge in [0.1, 0.15) is 16.4 Å². The molecule has 1 amide bonds. The molecule has 1 heterocycles. The smallest absolute Gasteiger partial charge is 0.246 e. The Bertz CT molecular complexity index is 786. The van der Waals surface area contributed by atoms with Crippen molar-refractivity contribution in [2.24, 2.45) is 0 Å². The van der Waals surface area contributed by atoms with Crippen molar-refractivity contribution in [2.45, 2.75) is 36.7 Å². The number of ether oxygens (including phenoxy) is 2. The third-order valence-electron chi connectivity index (χ3n) is 5.11. The van der Waals surface area contributed by atoms with E-state index >= 15 is 0 Å². The molecule has 0 radical (unpaired) electrons. The SMILES string of the molecule is COc1ccc(OC)c(S(=O)(=O)N2CCN([C@H](C)C(=O)NC3CC3)CC2)c1. The van der Waals surface area contributed by atoms with Gasteiger partial charge in [0.15, 0.2) is 0 Å². The van der Waals surface area contributed by atoms with Crippen LogP contribution in [0.5, 0.6) is 11.5 Å². The van der Waals surface area contributed by atoms with Crippen LogP contribution in [-0.2, 0) is 14.8 Å². The van der Waals surface area contributed by atoms with Crippen LogP contribution in [0.4, 0.5) is 0 Å². The van der Waals surface area contributed by atoms with Crippen LogP contribution < -0.4 is 14.8 Å². The molecule has 2 aliphatic rings. The highest BCUT2D eigenvalue weighted by Gasteiger charge is 2.34. The fourth-order valence-electron chi connectivity index (χ4n) is 3.17. The van der Waals surface area contributed by atoms with Crippen LogP contribution in [0.25, 0.3) is 0 Å². The number of methoxy groups -OCH3 is 2. The van der Waals surface area contributed by atoms with E-state index in [2.05, 4.69) is 5.32 Å². The number of rotatable bonds is 7. The van der Waals surface area contributed by atoms with Gasteiger partial charge in [-0.1, -0.05) is 0 Å². The Morgan fingerprint density at radius 1 is 1.15 bits per heavy atom. The van der Waals surface area contributed by atoms with Crippen molar-refractivity contribution < 1.29 is 22.7 Å². The second kappa shape index (κ2) is 8.04. The predicted molar refractivity (Wildman–Crippen MR) is 101 cm³/mol. The van der Waals surface area contributed by atoms with Crippen LogP contribution in [0.2, 0.25) is 0 Å². The van der Waals surface area contributed by atoms with Crippen molar-refractivity contribution in [3.05, 3.63) is 18.2 Å². The largest absolute Gasteiger partial charge is 0.497 e. The number of sulfonamides is 1. The molecule has 1 aromatic rings. The summed E-state index contributed by atoms with van der Waals surface area (Å²) in [6.45, 7) is 3.52. The molecule has 150 valence electrons. The van der Waals surface area contributed by atoms with Crippen molar-refractivity contribution in [1.82, 2.24) is 14.5 Å². The van der Waals surface area contributed by atoms with E-state index in [9.17, 15) is 13.2 Å². The molecule has 9 heteroatoms. The first kappa shape index (κ1) is 19.9. The molecule has 0 unspecified atom stereocenters. The summed E-state index contributed by atoms with van der Waals surface area (Å²) < 4.78 is 38.0. The quantitative estimate of drug-likeness (QED) is 0.728. The van der Waals surface area contributed by atoms with Gasteiger partial charge in [-0.25, -0.2) is 8.42 Å². The van der Waals surface area contributed by atoms with E-state index in [1.54, 1.807) is 12.1 Å². The summed E-state index contributed by atoms with van der Waals surface area (Å²) in [7, 11) is -0.780. The zero-order valence-electron chi connectivity index (χ0n) is 16.0. The molecular formula is C18H27N3O5S. The summed E-state index contributed by atoms with van der Waals surface area (Å²) in [6.07, 6.45) is 2.10. The first-order chi connectivity index (χ1) is 12.9. The maximum atomic E-state index is 13.1. The highest BCUT2D eigenvalue weighted by molar-refractivity contribution is 7.89. The predicted octanol–water partition coefficient (Wildman–Crippen LogP) is 0.677. The number of piperazine rings is 1. The number of nitrogens with one attached hydrogen (secondary N) is 1.